The lowest BCUT2D eigenvalue weighted by molar-refractivity contribution is 0.0796. The Kier molecular flexibility index (Phi) is 3.65. The molecule has 0 aromatic carbocycles. The fourth-order valence-corrected chi connectivity index (χ4v) is 3.92. The summed E-state index contributed by atoms with van der Waals surface area (Å²) in [6.45, 7) is 7.17. The molecule has 1 aromatic heterocycles. The summed E-state index contributed by atoms with van der Waals surface area (Å²) in [5, 5.41) is 12.6. The van der Waals surface area contributed by atoms with Gasteiger partial charge < -0.3 is 10.0 Å². The highest BCUT2D eigenvalue weighted by molar-refractivity contribution is 7.09. The van der Waals surface area contributed by atoms with Crippen molar-refractivity contribution in [2.75, 3.05) is 18.5 Å². The smallest absolute Gasteiger partial charge is 0.323 e. The summed E-state index contributed by atoms with van der Waals surface area (Å²) in [7, 11) is 0. The molecule has 2 heterocycles. The second-order valence-electron chi connectivity index (χ2n) is 7.10. The molecule has 1 aromatic rings. The Morgan fingerprint density at radius 1 is 1.48 bits per heavy atom. The molecule has 0 radical (unpaired) electrons. The molecule has 3 rings (SSSR count). The van der Waals surface area contributed by atoms with Gasteiger partial charge in [0.2, 0.25) is 5.13 Å². The number of rotatable bonds is 2. The molecule has 7 heteroatoms. The van der Waals surface area contributed by atoms with Crippen LogP contribution >= 0.6 is 11.5 Å². The van der Waals surface area contributed by atoms with Gasteiger partial charge in [-0.2, -0.15) is 4.37 Å². The molecule has 2 aliphatic rings. The highest BCUT2D eigenvalue weighted by Gasteiger charge is 2.48. The molecule has 1 saturated heterocycles. The van der Waals surface area contributed by atoms with Crippen molar-refractivity contribution < 1.29 is 9.90 Å². The predicted octanol–water partition coefficient (Wildman–Crippen LogP) is 2.07. The number of carbonyl (C=O) groups excluding carboxylic acids is 1. The van der Waals surface area contributed by atoms with Gasteiger partial charge in [-0.15, -0.1) is 0 Å². The van der Waals surface area contributed by atoms with E-state index < -0.39 is 0 Å². The van der Waals surface area contributed by atoms with Crippen molar-refractivity contribution >= 4 is 22.7 Å². The van der Waals surface area contributed by atoms with E-state index in [2.05, 4.69) is 14.7 Å². The van der Waals surface area contributed by atoms with Gasteiger partial charge in [0.05, 0.1) is 0 Å². The first-order valence-corrected chi connectivity index (χ1v) is 8.18. The monoisotopic (exact) mass is 310 g/mol. The summed E-state index contributed by atoms with van der Waals surface area (Å²) in [6, 6.07) is 0.198. The number of hydrogen-bond acceptors (Lipinski definition) is 5. The van der Waals surface area contributed by atoms with E-state index in [1.165, 1.54) is 11.5 Å². The molecule has 21 heavy (non-hydrogen) atoms. The minimum absolute atomic E-state index is 0.0913. The molecule has 6 nitrogen and oxygen atoms in total. The van der Waals surface area contributed by atoms with Gasteiger partial charge in [0, 0.05) is 36.1 Å². The van der Waals surface area contributed by atoms with Crippen LogP contribution < -0.4 is 5.32 Å². The van der Waals surface area contributed by atoms with E-state index in [1.807, 2.05) is 25.7 Å². The van der Waals surface area contributed by atoms with Gasteiger partial charge in [-0.3, -0.25) is 5.32 Å². The van der Waals surface area contributed by atoms with Crippen LogP contribution in [0.2, 0.25) is 0 Å². The van der Waals surface area contributed by atoms with Crippen molar-refractivity contribution in [1.29, 1.82) is 0 Å². The van der Waals surface area contributed by atoms with Gasteiger partial charge in [0.1, 0.15) is 5.82 Å². The van der Waals surface area contributed by atoms with Crippen molar-refractivity contribution in [3.8, 4) is 0 Å². The highest BCUT2D eigenvalue weighted by atomic mass is 32.1. The highest BCUT2D eigenvalue weighted by Crippen LogP contribution is 2.42. The van der Waals surface area contributed by atoms with Crippen LogP contribution in [0.4, 0.5) is 9.93 Å². The topological polar surface area (TPSA) is 78.4 Å². The van der Waals surface area contributed by atoms with E-state index in [0.717, 1.165) is 25.2 Å². The fraction of sp³-hybridized carbons (Fsp3) is 0.786. The number of aliphatic hydroxyl groups is 1. The van der Waals surface area contributed by atoms with Gasteiger partial charge >= 0.3 is 6.03 Å². The number of aromatic nitrogens is 2. The van der Waals surface area contributed by atoms with Crippen molar-refractivity contribution in [3.63, 3.8) is 0 Å². The first-order valence-electron chi connectivity index (χ1n) is 7.41. The fourth-order valence-electron chi connectivity index (χ4n) is 3.17. The maximum atomic E-state index is 12.3. The molecule has 0 spiro atoms. The standard InChI is InChI=1S/C14H22N4O2S/c1-14(2,3)11-15-12(21-17-11)16-13(20)18-6-9-4-8(7-19)5-10(9)18/h8-10,19H,4-7H2,1-3H3,(H,15,16,17,20)/t8-,9+,10+/m1/s1. The lowest BCUT2D eigenvalue weighted by Gasteiger charge is -2.44. The lowest BCUT2D eigenvalue weighted by Crippen LogP contribution is -2.57. The number of likely N-dealkylation sites (tertiary alicyclic amines) is 1. The van der Waals surface area contributed by atoms with E-state index in [1.54, 1.807) is 0 Å². The molecule has 2 amide bonds. The molecule has 2 N–H and O–H groups in total. The molecule has 3 atom stereocenters. The molecule has 1 saturated carbocycles. The van der Waals surface area contributed by atoms with Gasteiger partial charge in [0.25, 0.3) is 0 Å². The summed E-state index contributed by atoms with van der Waals surface area (Å²) in [4.78, 5) is 18.5. The van der Waals surface area contributed by atoms with Crippen molar-refractivity contribution in [1.82, 2.24) is 14.3 Å². The Morgan fingerprint density at radius 3 is 2.86 bits per heavy atom. The number of aliphatic hydroxyl groups excluding tert-OH is 1. The SMILES string of the molecule is CC(C)(C)c1nsc(NC(=O)N2C[C@@H]3C[C@@H](CO)C[C@@H]32)n1. The zero-order valence-corrected chi connectivity index (χ0v) is 13.5. The Labute approximate surface area is 128 Å². The Balaban J connectivity index is 1.59. The average Bonchev–Trinajstić information content (AvgIpc) is 2.95. The van der Waals surface area contributed by atoms with Crippen molar-refractivity contribution in [2.45, 2.75) is 45.1 Å². The zero-order chi connectivity index (χ0) is 15.2. The van der Waals surface area contributed by atoms with Gasteiger partial charge in [-0.25, -0.2) is 9.78 Å². The van der Waals surface area contributed by atoms with Crippen LogP contribution in [0.5, 0.6) is 0 Å². The number of nitrogens with one attached hydrogen (secondary N) is 1. The van der Waals surface area contributed by atoms with Crippen LogP contribution in [-0.2, 0) is 5.41 Å². The first-order chi connectivity index (χ1) is 9.88. The summed E-state index contributed by atoms with van der Waals surface area (Å²) in [5.41, 5.74) is -0.110. The van der Waals surface area contributed by atoms with Crippen LogP contribution in [0.1, 0.15) is 39.4 Å². The number of fused-ring (bicyclic) bond motifs is 1. The summed E-state index contributed by atoms with van der Waals surface area (Å²) >= 11 is 1.23. The average molecular weight is 310 g/mol. The molecule has 1 aliphatic heterocycles. The third-order valence-corrected chi connectivity index (χ3v) is 5.05. The van der Waals surface area contributed by atoms with E-state index in [9.17, 15) is 9.90 Å². The Bertz CT molecular complexity index is 539. The molecule has 116 valence electrons. The van der Waals surface area contributed by atoms with Crippen molar-refractivity contribution in [2.24, 2.45) is 11.8 Å². The summed E-state index contributed by atoms with van der Waals surface area (Å²) in [6.07, 6.45) is 1.95. The van der Waals surface area contributed by atoms with Crippen LogP contribution in [-0.4, -0.2) is 44.6 Å². The van der Waals surface area contributed by atoms with Crippen molar-refractivity contribution in [3.05, 3.63) is 5.82 Å². The number of carbonyl (C=O) groups is 1. The minimum Gasteiger partial charge on any atom is -0.396 e. The Morgan fingerprint density at radius 2 is 2.24 bits per heavy atom. The summed E-state index contributed by atoms with van der Waals surface area (Å²) < 4.78 is 4.30. The normalized spacial score (nSPS) is 28.2. The quantitative estimate of drug-likeness (QED) is 0.876. The molecule has 2 fully saturated rings. The number of hydrogen-bond donors (Lipinski definition) is 2. The maximum Gasteiger partial charge on any atom is 0.323 e. The number of urea groups is 1. The second kappa shape index (κ2) is 5.21. The number of anilines is 1. The number of amides is 2. The Hall–Kier alpha value is -1.21. The van der Waals surface area contributed by atoms with Gasteiger partial charge in [-0.05, 0) is 24.7 Å². The third-order valence-electron chi connectivity index (χ3n) is 4.42. The van der Waals surface area contributed by atoms with Gasteiger partial charge in [-0.1, -0.05) is 20.8 Å². The molecule has 0 unspecified atom stereocenters. The maximum absolute atomic E-state index is 12.3. The second-order valence-corrected chi connectivity index (χ2v) is 7.85. The van der Waals surface area contributed by atoms with Crippen LogP contribution in [0.25, 0.3) is 0 Å². The minimum atomic E-state index is -0.110. The molecular formula is C14H22N4O2S. The number of nitrogens with zero attached hydrogens (tertiary/aromatic N) is 3. The molecule has 0 bridgehead atoms. The van der Waals surface area contributed by atoms with Crippen LogP contribution in [0.3, 0.4) is 0 Å². The van der Waals surface area contributed by atoms with Gasteiger partial charge in [0.15, 0.2) is 0 Å². The third kappa shape index (κ3) is 2.76. The van der Waals surface area contributed by atoms with E-state index in [-0.39, 0.29) is 24.1 Å². The largest absolute Gasteiger partial charge is 0.396 e. The molecular weight excluding hydrogens is 288 g/mol. The summed E-state index contributed by atoms with van der Waals surface area (Å²) in [5.74, 6) is 1.67. The van der Waals surface area contributed by atoms with E-state index in [0.29, 0.717) is 17.0 Å². The van der Waals surface area contributed by atoms with Crippen LogP contribution in [0.15, 0.2) is 0 Å². The lowest BCUT2D eigenvalue weighted by atomic mass is 9.92. The zero-order valence-electron chi connectivity index (χ0n) is 12.7. The molecule has 1 aliphatic carbocycles. The van der Waals surface area contributed by atoms with E-state index >= 15 is 0 Å². The van der Waals surface area contributed by atoms with E-state index in [4.69, 9.17) is 0 Å². The predicted molar refractivity (Wildman–Crippen MR) is 81.4 cm³/mol. The van der Waals surface area contributed by atoms with Crippen LogP contribution in [0, 0.1) is 11.8 Å². The first kappa shape index (κ1) is 14.7.